The van der Waals surface area contributed by atoms with Gasteiger partial charge in [-0.05, 0) is 51.0 Å². The Labute approximate surface area is 142 Å². The SMILES string of the molecule is CC(C)NC(=O)C1CCN(c2ccc(-c3cccnc3)nn2)CC1. The molecule has 0 atom stereocenters. The Bertz CT molecular complexity index is 664. The number of amides is 1. The van der Waals surface area contributed by atoms with Crippen molar-refractivity contribution in [1.82, 2.24) is 20.5 Å². The first-order chi connectivity index (χ1) is 11.6. The van der Waals surface area contributed by atoms with Gasteiger partial charge in [-0.1, -0.05) is 0 Å². The standard InChI is InChI=1S/C18H23N5O/c1-13(2)20-18(24)14-7-10-23(11-8-14)17-6-5-16(21-22-17)15-4-3-9-19-12-15/h3-6,9,12-14H,7-8,10-11H2,1-2H3,(H,20,24). The van der Waals surface area contributed by atoms with Crippen LogP contribution in [0.25, 0.3) is 11.3 Å². The summed E-state index contributed by atoms with van der Waals surface area (Å²) >= 11 is 0. The smallest absolute Gasteiger partial charge is 0.223 e. The van der Waals surface area contributed by atoms with Gasteiger partial charge in [0.05, 0.1) is 5.69 Å². The molecule has 0 bridgehead atoms. The zero-order valence-corrected chi connectivity index (χ0v) is 14.1. The van der Waals surface area contributed by atoms with Gasteiger partial charge in [0.25, 0.3) is 0 Å². The number of carbonyl (C=O) groups excluding carboxylic acids is 1. The van der Waals surface area contributed by atoms with Crippen LogP contribution in [-0.2, 0) is 4.79 Å². The third kappa shape index (κ3) is 3.88. The molecule has 6 nitrogen and oxygen atoms in total. The summed E-state index contributed by atoms with van der Waals surface area (Å²) < 4.78 is 0. The van der Waals surface area contributed by atoms with E-state index in [0.717, 1.165) is 43.0 Å². The first-order valence-electron chi connectivity index (χ1n) is 8.43. The van der Waals surface area contributed by atoms with Crippen molar-refractivity contribution in [3.8, 4) is 11.3 Å². The maximum atomic E-state index is 12.1. The van der Waals surface area contributed by atoms with E-state index >= 15 is 0 Å². The first-order valence-corrected chi connectivity index (χ1v) is 8.43. The maximum Gasteiger partial charge on any atom is 0.223 e. The summed E-state index contributed by atoms with van der Waals surface area (Å²) in [6.45, 7) is 5.65. The number of anilines is 1. The number of rotatable bonds is 4. The van der Waals surface area contributed by atoms with Crippen LogP contribution in [0.1, 0.15) is 26.7 Å². The van der Waals surface area contributed by atoms with Crippen LogP contribution in [0.4, 0.5) is 5.82 Å². The number of nitrogens with one attached hydrogen (secondary N) is 1. The van der Waals surface area contributed by atoms with Crippen LogP contribution in [-0.4, -0.2) is 40.2 Å². The van der Waals surface area contributed by atoms with Gasteiger partial charge in [-0.3, -0.25) is 9.78 Å². The summed E-state index contributed by atoms with van der Waals surface area (Å²) in [4.78, 5) is 18.4. The van der Waals surface area contributed by atoms with Crippen LogP contribution >= 0.6 is 0 Å². The lowest BCUT2D eigenvalue weighted by Gasteiger charge is -2.32. The van der Waals surface area contributed by atoms with Crippen LogP contribution < -0.4 is 10.2 Å². The van der Waals surface area contributed by atoms with E-state index < -0.39 is 0 Å². The van der Waals surface area contributed by atoms with Crippen LogP contribution in [0.15, 0.2) is 36.7 Å². The molecule has 0 saturated carbocycles. The van der Waals surface area contributed by atoms with E-state index in [1.54, 1.807) is 12.4 Å². The van der Waals surface area contributed by atoms with Crippen molar-refractivity contribution in [2.24, 2.45) is 5.92 Å². The molecule has 2 aromatic rings. The van der Waals surface area contributed by atoms with Crippen LogP contribution in [0, 0.1) is 5.92 Å². The summed E-state index contributed by atoms with van der Waals surface area (Å²) in [6, 6.07) is 8.01. The Balaban J connectivity index is 1.60. The van der Waals surface area contributed by atoms with Gasteiger partial charge < -0.3 is 10.2 Å². The van der Waals surface area contributed by atoms with Gasteiger partial charge in [-0.15, -0.1) is 10.2 Å². The van der Waals surface area contributed by atoms with Crippen LogP contribution in [0.3, 0.4) is 0 Å². The first kappa shape index (κ1) is 16.4. The van der Waals surface area contributed by atoms with E-state index in [-0.39, 0.29) is 17.9 Å². The molecule has 1 aliphatic rings. The zero-order chi connectivity index (χ0) is 16.9. The number of aromatic nitrogens is 3. The monoisotopic (exact) mass is 325 g/mol. The maximum absolute atomic E-state index is 12.1. The van der Waals surface area contributed by atoms with Gasteiger partial charge in [-0.25, -0.2) is 0 Å². The summed E-state index contributed by atoms with van der Waals surface area (Å²) in [5.74, 6) is 1.14. The molecule has 1 saturated heterocycles. The van der Waals surface area contributed by atoms with Gasteiger partial charge in [0.2, 0.25) is 5.91 Å². The molecule has 0 radical (unpaired) electrons. The Kier molecular flexibility index (Phi) is 5.03. The second-order valence-corrected chi connectivity index (χ2v) is 6.44. The van der Waals surface area contributed by atoms with Gasteiger partial charge >= 0.3 is 0 Å². The number of carbonyl (C=O) groups is 1. The fourth-order valence-corrected chi connectivity index (χ4v) is 2.94. The molecule has 3 heterocycles. The molecule has 1 aliphatic heterocycles. The quantitative estimate of drug-likeness (QED) is 0.934. The largest absolute Gasteiger partial charge is 0.355 e. The zero-order valence-electron chi connectivity index (χ0n) is 14.1. The third-order valence-corrected chi connectivity index (χ3v) is 4.23. The minimum atomic E-state index is 0.103. The minimum absolute atomic E-state index is 0.103. The van der Waals surface area contributed by atoms with Gasteiger partial charge in [0.1, 0.15) is 0 Å². The van der Waals surface area contributed by atoms with Crippen molar-refractivity contribution in [3.05, 3.63) is 36.7 Å². The molecule has 24 heavy (non-hydrogen) atoms. The minimum Gasteiger partial charge on any atom is -0.355 e. The number of nitrogens with zero attached hydrogens (tertiary/aromatic N) is 4. The molecule has 0 aliphatic carbocycles. The van der Waals surface area contributed by atoms with E-state index in [2.05, 4.69) is 25.4 Å². The predicted octanol–water partition coefficient (Wildman–Crippen LogP) is 2.28. The van der Waals surface area contributed by atoms with Crippen LogP contribution in [0.2, 0.25) is 0 Å². The van der Waals surface area contributed by atoms with Crippen molar-refractivity contribution >= 4 is 11.7 Å². The number of piperidine rings is 1. The lowest BCUT2D eigenvalue weighted by molar-refractivity contribution is -0.126. The van der Waals surface area contributed by atoms with Crippen LogP contribution in [0.5, 0.6) is 0 Å². The predicted molar refractivity (Wildman–Crippen MR) is 93.5 cm³/mol. The average molecular weight is 325 g/mol. The molecule has 3 rings (SSSR count). The topological polar surface area (TPSA) is 71.0 Å². The summed E-state index contributed by atoms with van der Waals surface area (Å²) in [5, 5.41) is 11.7. The molecule has 126 valence electrons. The average Bonchev–Trinajstić information content (AvgIpc) is 2.62. The summed E-state index contributed by atoms with van der Waals surface area (Å²) in [6.07, 6.45) is 5.22. The molecule has 1 amide bonds. The Morgan fingerprint density at radius 3 is 2.58 bits per heavy atom. The molecule has 6 heteroatoms. The van der Waals surface area contributed by atoms with E-state index in [9.17, 15) is 4.79 Å². The fraction of sp³-hybridized carbons (Fsp3) is 0.444. The van der Waals surface area contributed by atoms with Crippen molar-refractivity contribution < 1.29 is 4.79 Å². The van der Waals surface area contributed by atoms with Gasteiger partial charge in [0.15, 0.2) is 5.82 Å². The van der Waals surface area contributed by atoms with Crippen molar-refractivity contribution in [1.29, 1.82) is 0 Å². The molecule has 0 aromatic carbocycles. The van der Waals surface area contributed by atoms with Crippen molar-refractivity contribution in [3.63, 3.8) is 0 Å². The molecule has 1 N–H and O–H groups in total. The van der Waals surface area contributed by atoms with Crippen molar-refractivity contribution in [2.45, 2.75) is 32.7 Å². The number of hydrogen-bond donors (Lipinski definition) is 1. The number of hydrogen-bond acceptors (Lipinski definition) is 5. The molecule has 1 fully saturated rings. The fourth-order valence-electron chi connectivity index (χ4n) is 2.94. The van der Waals surface area contributed by atoms with E-state index in [1.165, 1.54) is 0 Å². The van der Waals surface area contributed by atoms with Gasteiger partial charge in [0, 0.05) is 43.0 Å². The molecule has 0 spiro atoms. The Morgan fingerprint density at radius 2 is 2.00 bits per heavy atom. The molecule has 0 unspecified atom stereocenters. The highest BCUT2D eigenvalue weighted by Crippen LogP contribution is 2.23. The summed E-state index contributed by atoms with van der Waals surface area (Å²) in [5.41, 5.74) is 1.78. The lowest BCUT2D eigenvalue weighted by Crippen LogP contribution is -2.42. The van der Waals surface area contributed by atoms with E-state index in [4.69, 9.17) is 0 Å². The molecular formula is C18H23N5O. The van der Waals surface area contributed by atoms with Gasteiger partial charge in [-0.2, -0.15) is 0 Å². The normalized spacial score (nSPS) is 15.5. The molecular weight excluding hydrogens is 302 g/mol. The Hall–Kier alpha value is -2.50. The highest BCUT2D eigenvalue weighted by atomic mass is 16.1. The van der Waals surface area contributed by atoms with E-state index in [1.807, 2.05) is 38.1 Å². The highest BCUT2D eigenvalue weighted by Gasteiger charge is 2.26. The lowest BCUT2D eigenvalue weighted by atomic mass is 9.95. The second-order valence-electron chi connectivity index (χ2n) is 6.44. The summed E-state index contributed by atoms with van der Waals surface area (Å²) in [7, 11) is 0. The third-order valence-electron chi connectivity index (χ3n) is 4.23. The molecule has 2 aromatic heterocycles. The Morgan fingerprint density at radius 1 is 1.21 bits per heavy atom. The number of pyridine rings is 1. The highest BCUT2D eigenvalue weighted by molar-refractivity contribution is 5.79. The van der Waals surface area contributed by atoms with E-state index in [0.29, 0.717) is 0 Å². The van der Waals surface area contributed by atoms with Crippen molar-refractivity contribution in [2.75, 3.05) is 18.0 Å². The second kappa shape index (κ2) is 7.38.